The van der Waals surface area contributed by atoms with Crippen molar-refractivity contribution < 1.29 is 18.3 Å². The maximum absolute atomic E-state index is 14.0. The van der Waals surface area contributed by atoms with Crippen LogP contribution in [0.4, 0.5) is 14.5 Å². The highest BCUT2D eigenvalue weighted by atomic mass is 19.1. The highest BCUT2D eigenvalue weighted by Gasteiger charge is 2.23. The minimum absolute atomic E-state index is 0.0157. The monoisotopic (exact) mass is 569 g/mol. The number of aryl methyl sites for hydroxylation is 2. The van der Waals surface area contributed by atoms with Crippen molar-refractivity contribution in [2.75, 3.05) is 31.1 Å². The standard InChI is InChI=1S/C32H34BF2N5O2/c1-22-6-7-24(32(33)41)16-30(22)40(19-27-18-36-21-38(27)2)15-14-39-12-10-23(11-13-39)29-4-3-5-31(37-29)42-20-25-8-9-26(34)17-28(25)35/h3-9,16-18,21,23H,10-15,19-20H2,1-2H3. The number of pyridine rings is 1. The summed E-state index contributed by atoms with van der Waals surface area (Å²) in [5, 5.41) is 0. The second-order valence-electron chi connectivity index (χ2n) is 10.8. The van der Waals surface area contributed by atoms with Crippen LogP contribution in [-0.4, -0.2) is 59.1 Å². The summed E-state index contributed by atoms with van der Waals surface area (Å²) in [5.74, 6) is -0.519. The normalized spacial score (nSPS) is 14.2. The van der Waals surface area contributed by atoms with Gasteiger partial charge in [0.25, 0.3) is 0 Å². The molecule has 7 nitrogen and oxygen atoms in total. The van der Waals surface area contributed by atoms with Crippen molar-refractivity contribution in [3.05, 3.63) is 107 Å². The first kappa shape index (κ1) is 29.4. The molecule has 2 aromatic carbocycles. The number of hydrogen-bond acceptors (Lipinski definition) is 6. The Morgan fingerprint density at radius 3 is 2.64 bits per heavy atom. The number of hydrogen-bond donors (Lipinski definition) is 0. The number of ether oxygens (including phenoxy) is 1. The lowest BCUT2D eigenvalue weighted by Crippen LogP contribution is -2.39. The summed E-state index contributed by atoms with van der Waals surface area (Å²) in [6, 6.07) is 14.7. The van der Waals surface area contributed by atoms with Crippen LogP contribution in [0.25, 0.3) is 0 Å². The lowest BCUT2D eigenvalue weighted by atomic mass is 9.93. The summed E-state index contributed by atoms with van der Waals surface area (Å²) >= 11 is 0. The molecule has 0 aliphatic carbocycles. The maximum atomic E-state index is 14.0. The van der Waals surface area contributed by atoms with E-state index < -0.39 is 17.3 Å². The Bertz CT molecular complexity index is 1540. The molecule has 1 fully saturated rings. The van der Waals surface area contributed by atoms with E-state index in [-0.39, 0.29) is 12.2 Å². The number of likely N-dealkylation sites (tertiary alicyclic amines) is 1. The molecule has 0 bridgehead atoms. The minimum atomic E-state index is -0.631. The summed E-state index contributed by atoms with van der Waals surface area (Å²) in [4.78, 5) is 25.6. The van der Waals surface area contributed by atoms with E-state index in [1.54, 1.807) is 18.5 Å². The Labute approximate surface area is 246 Å². The van der Waals surface area contributed by atoms with E-state index in [0.29, 0.717) is 23.9 Å². The topological polar surface area (TPSA) is 63.5 Å². The Balaban J connectivity index is 1.19. The molecule has 216 valence electrons. The number of piperidine rings is 1. The number of aromatic nitrogens is 3. The molecular weight excluding hydrogens is 535 g/mol. The third-order valence-electron chi connectivity index (χ3n) is 7.93. The molecule has 0 spiro atoms. The molecule has 1 saturated heterocycles. The van der Waals surface area contributed by atoms with E-state index in [9.17, 15) is 13.6 Å². The van der Waals surface area contributed by atoms with Gasteiger partial charge in [-0.3, -0.25) is 0 Å². The smallest absolute Gasteiger partial charge is 0.213 e. The highest BCUT2D eigenvalue weighted by Crippen LogP contribution is 2.29. The van der Waals surface area contributed by atoms with Crippen LogP contribution >= 0.6 is 0 Å². The van der Waals surface area contributed by atoms with E-state index in [2.05, 4.69) is 19.8 Å². The molecule has 1 aliphatic heterocycles. The van der Waals surface area contributed by atoms with Gasteiger partial charge in [-0.15, -0.1) is 0 Å². The molecule has 42 heavy (non-hydrogen) atoms. The van der Waals surface area contributed by atoms with E-state index in [0.717, 1.165) is 67.7 Å². The zero-order valence-corrected chi connectivity index (χ0v) is 24.0. The molecule has 0 unspecified atom stereocenters. The number of carbonyl (C=O) groups is 1. The predicted octanol–water partition coefficient (Wildman–Crippen LogP) is 5.18. The fourth-order valence-corrected chi connectivity index (χ4v) is 5.36. The van der Waals surface area contributed by atoms with E-state index in [1.807, 2.05) is 49.0 Å². The molecule has 0 amide bonds. The Kier molecular flexibility index (Phi) is 9.32. The zero-order chi connectivity index (χ0) is 29.6. The van der Waals surface area contributed by atoms with Gasteiger partial charge in [0.15, 0.2) is 7.85 Å². The van der Waals surface area contributed by atoms with Crippen LogP contribution in [0.1, 0.15) is 51.6 Å². The molecule has 1 aliphatic rings. The van der Waals surface area contributed by atoms with Crippen molar-refractivity contribution in [2.45, 2.75) is 38.8 Å². The number of anilines is 1. The fraction of sp³-hybridized carbons (Fsp3) is 0.344. The summed E-state index contributed by atoms with van der Waals surface area (Å²) < 4.78 is 34.9. The van der Waals surface area contributed by atoms with Crippen molar-refractivity contribution in [1.29, 1.82) is 0 Å². The van der Waals surface area contributed by atoms with Crippen molar-refractivity contribution in [1.82, 2.24) is 19.4 Å². The van der Waals surface area contributed by atoms with Crippen LogP contribution in [0, 0.1) is 18.6 Å². The van der Waals surface area contributed by atoms with Gasteiger partial charge in [0, 0.05) is 66.9 Å². The lowest BCUT2D eigenvalue weighted by Gasteiger charge is -2.34. The van der Waals surface area contributed by atoms with E-state index in [4.69, 9.17) is 12.6 Å². The molecule has 0 atom stereocenters. The zero-order valence-electron chi connectivity index (χ0n) is 24.0. The van der Waals surface area contributed by atoms with Crippen LogP contribution < -0.4 is 9.64 Å². The van der Waals surface area contributed by atoms with Gasteiger partial charge in [0.2, 0.25) is 5.88 Å². The first-order chi connectivity index (χ1) is 20.3. The third kappa shape index (κ3) is 7.23. The first-order valence-electron chi connectivity index (χ1n) is 14.1. The molecule has 10 heteroatoms. The number of imidazole rings is 1. The number of carbonyl (C=O) groups excluding carboxylic acids is 1. The van der Waals surface area contributed by atoms with Crippen molar-refractivity contribution in [3.8, 4) is 5.88 Å². The van der Waals surface area contributed by atoms with Crippen LogP contribution in [0.5, 0.6) is 5.88 Å². The highest BCUT2D eigenvalue weighted by molar-refractivity contribution is 6.62. The molecule has 2 radical (unpaired) electrons. The van der Waals surface area contributed by atoms with Crippen molar-refractivity contribution in [2.24, 2.45) is 7.05 Å². The number of rotatable bonds is 11. The third-order valence-corrected chi connectivity index (χ3v) is 7.93. The van der Waals surface area contributed by atoms with Gasteiger partial charge in [0.05, 0.1) is 18.6 Å². The van der Waals surface area contributed by atoms with Gasteiger partial charge < -0.3 is 23.9 Å². The molecule has 0 N–H and O–H groups in total. The number of nitrogens with zero attached hydrogens (tertiary/aromatic N) is 5. The maximum Gasteiger partial charge on any atom is 0.213 e. The van der Waals surface area contributed by atoms with E-state index in [1.165, 1.54) is 12.1 Å². The SMILES string of the molecule is [B]C(=O)c1ccc(C)c(N(CCN2CCC(c3cccc(OCc4ccc(F)cc4F)n3)CC2)Cc2cncn2C)c1. The van der Waals surface area contributed by atoms with Gasteiger partial charge >= 0.3 is 0 Å². The number of benzene rings is 2. The van der Waals surface area contributed by atoms with Crippen LogP contribution in [0.3, 0.4) is 0 Å². The predicted molar refractivity (Wildman–Crippen MR) is 159 cm³/mol. The summed E-state index contributed by atoms with van der Waals surface area (Å²) in [6.45, 7) is 6.19. The largest absolute Gasteiger partial charge is 0.473 e. The second kappa shape index (κ2) is 13.3. The molecule has 3 heterocycles. The molecule has 2 aromatic heterocycles. The Morgan fingerprint density at radius 2 is 1.93 bits per heavy atom. The summed E-state index contributed by atoms with van der Waals surface area (Å²) in [5.41, 5.74) is 4.44. The molecule has 5 rings (SSSR count). The molecule has 4 aromatic rings. The quantitative estimate of drug-likeness (QED) is 0.232. The van der Waals surface area contributed by atoms with Gasteiger partial charge in [0.1, 0.15) is 23.9 Å². The Morgan fingerprint density at radius 1 is 1.12 bits per heavy atom. The second-order valence-corrected chi connectivity index (χ2v) is 10.8. The molecule has 0 saturated carbocycles. The van der Waals surface area contributed by atoms with Gasteiger partial charge in [-0.05, 0) is 62.7 Å². The fourth-order valence-electron chi connectivity index (χ4n) is 5.36. The lowest BCUT2D eigenvalue weighted by molar-refractivity contribution is 0.108. The van der Waals surface area contributed by atoms with Gasteiger partial charge in [-0.25, -0.2) is 18.7 Å². The van der Waals surface area contributed by atoms with Crippen LogP contribution in [0.15, 0.2) is 67.1 Å². The molecular formula is C32H34BF2N5O2. The Hall–Kier alpha value is -4.05. The van der Waals surface area contributed by atoms with Gasteiger partial charge in [-0.1, -0.05) is 18.2 Å². The van der Waals surface area contributed by atoms with Crippen molar-refractivity contribution >= 4 is 19.2 Å². The minimum Gasteiger partial charge on any atom is -0.473 e. The van der Waals surface area contributed by atoms with E-state index >= 15 is 0 Å². The summed E-state index contributed by atoms with van der Waals surface area (Å²) in [7, 11) is 7.57. The number of halogens is 2. The van der Waals surface area contributed by atoms with Crippen LogP contribution in [-0.2, 0) is 20.2 Å². The average molecular weight is 569 g/mol. The van der Waals surface area contributed by atoms with Gasteiger partial charge in [-0.2, -0.15) is 0 Å². The van der Waals surface area contributed by atoms with Crippen molar-refractivity contribution in [3.63, 3.8) is 0 Å². The van der Waals surface area contributed by atoms with Crippen LogP contribution in [0.2, 0.25) is 0 Å². The first-order valence-corrected chi connectivity index (χ1v) is 14.1. The average Bonchev–Trinajstić information content (AvgIpc) is 3.39. The summed E-state index contributed by atoms with van der Waals surface area (Å²) in [6.07, 6.45) is 5.58.